The van der Waals surface area contributed by atoms with Crippen LogP contribution in [0.5, 0.6) is 11.5 Å². The fraction of sp³-hybridized carbons (Fsp3) is 0.467. The highest BCUT2D eigenvalue weighted by Crippen LogP contribution is 2.42. The monoisotopic (exact) mass is 290 g/mol. The summed E-state index contributed by atoms with van der Waals surface area (Å²) in [4.78, 5) is 4.40. The first kappa shape index (κ1) is 13.9. The van der Waals surface area contributed by atoms with Crippen molar-refractivity contribution in [2.75, 3.05) is 13.7 Å². The van der Waals surface area contributed by atoms with E-state index in [0.717, 1.165) is 12.8 Å². The Hall–Kier alpha value is -2.08. The molecule has 21 heavy (non-hydrogen) atoms. The number of aromatic hydroxyl groups is 1. The van der Waals surface area contributed by atoms with Crippen LogP contribution in [-0.2, 0) is 4.74 Å². The van der Waals surface area contributed by atoms with Crippen LogP contribution in [0.4, 0.5) is 0 Å². The first-order valence-electron chi connectivity index (χ1n) is 7.05. The molecule has 0 radical (unpaired) electrons. The van der Waals surface area contributed by atoms with Gasteiger partial charge in [-0.3, -0.25) is 0 Å². The van der Waals surface area contributed by atoms with Crippen molar-refractivity contribution in [1.82, 2.24) is 10.1 Å². The minimum absolute atomic E-state index is 0.0401. The molecule has 1 unspecified atom stereocenters. The maximum absolute atomic E-state index is 9.81. The Balaban J connectivity index is 1.85. The van der Waals surface area contributed by atoms with E-state index in [-0.39, 0.29) is 11.9 Å². The number of phenolic OH excluding ortho intramolecular Hbond substituents is 1. The molecule has 0 bridgehead atoms. The highest BCUT2D eigenvalue weighted by atomic mass is 16.5. The van der Waals surface area contributed by atoms with Gasteiger partial charge in [0.15, 0.2) is 11.5 Å². The quantitative estimate of drug-likeness (QED) is 0.881. The van der Waals surface area contributed by atoms with Gasteiger partial charge in [0.05, 0.1) is 7.11 Å². The Bertz CT molecular complexity index is 622. The molecule has 3 rings (SSSR count). The molecule has 0 spiro atoms. The minimum atomic E-state index is -0.0978. The third-order valence-electron chi connectivity index (χ3n) is 3.52. The van der Waals surface area contributed by atoms with Crippen LogP contribution in [0.2, 0.25) is 0 Å². The molecule has 6 heteroatoms. The van der Waals surface area contributed by atoms with E-state index in [1.807, 2.05) is 6.92 Å². The molecule has 1 aromatic carbocycles. The lowest BCUT2D eigenvalue weighted by molar-refractivity contribution is 0.0385. The zero-order chi connectivity index (χ0) is 14.8. The highest BCUT2D eigenvalue weighted by molar-refractivity contribution is 5.59. The summed E-state index contributed by atoms with van der Waals surface area (Å²) in [6.45, 7) is 2.58. The number of benzene rings is 1. The second kappa shape index (κ2) is 5.73. The van der Waals surface area contributed by atoms with Crippen LogP contribution in [0.3, 0.4) is 0 Å². The third-order valence-corrected chi connectivity index (χ3v) is 3.52. The zero-order valence-electron chi connectivity index (χ0n) is 12.1. The van der Waals surface area contributed by atoms with Crippen LogP contribution in [0.25, 0.3) is 11.5 Å². The van der Waals surface area contributed by atoms with Gasteiger partial charge in [0.2, 0.25) is 5.82 Å². The topological polar surface area (TPSA) is 77.6 Å². The first-order chi connectivity index (χ1) is 10.2. The second-order valence-corrected chi connectivity index (χ2v) is 5.06. The largest absolute Gasteiger partial charge is 0.504 e. The fourth-order valence-corrected chi connectivity index (χ4v) is 2.29. The summed E-state index contributed by atoms with van der Waals surface area (Å²) in [5.41, 5.74) is 0.651. The summed E-state index contributed by atoms with van der Waals surface area (Å²) in [6.07, 6.45) is 2.18. The van der Waals surface area contributed by atoms with Gasteiger partial charge in [-0.2, -0.15) is 4.98 Å². The number of methoxy groups -OCH3 is 1. The van der Waals surface area contributed by atoms with Gasteiger partial charge in [0, 0.05) is 12.2 Å². The lowest BCUT2D eigenvalue weighted by Gasteiger charge is -2.11. The van der Waals surface area contributed by atoms with Crippen molar-refractivity contribution in [3.63, 3.8) is 0 Å². The molecule has 1 aromatic heterocycles. The normalized spacial score (nSPS) is 15.9. The minimum Gasteiger partial charge on any atom is -0.504 e. The summed E-state index contributed by atoms with van der Waals surface area (Å²) in [5.74, 6) is 1.87. The summed E-state index contributed by atoms with van der Waals surface area (Å²) < 4.78 is 16.0. The molecule has 0 saturated heterocycles. The SMILES string of the molecule is CCOC(c1noc(-c2ccc(OC)c(O)c2)n1)C1CC1. The van der Waals surface area contributed by atoms with Gasteiger partial charge in [-0.1, -0.05) is 5.16 Å². The van der Waals surface area contributed by atoms with Crippen LogP contribution in [0.15, 0.2) is 22.7 Å². The van der Waals surface area contributed by atoms with Gasteiger partial charge < -0.3 is 19.1 Å². The van der Waals surface area contributed by atoms with Gasteiger partial charge in [-0.05, 0) is 43.9 Å². The molecular weight excluding hydrogens is 272 g/mol. The molecular formula is C15H18N2O4. The number of nitrogens with zero attached hydrogens (tertiary/aromatic N) is 2. The van der Waals surface area contributed by atoms with E-state index in [4.69, 9.17) is 14.0 Å². The van der Waals surface area contributed by atoms with E-state index in [1.165, 1.54) is 7.11 Å². The predicted octanol–water partition coefficient (Wildman–Crippen LogP) is 2.94. The van der Waals surface area contributed by atoms with E-state index in [2.05, 4.69) is 10.1 Å². The van der Waals surface area contributed by atoms with Gasteiger partial charge in [-0.25, -0.2) is 0 Å². The third kappa shape index (κ3) is 2.85. The van der Waals surface area contributed by atoms with Crippen molar-refractivity contribution in [2.45, 2.75) is 25.9 Å². The summed E-state index contributed by atoms with van der Waals surface area (Å²) in [7, 11) is 1.50. The van der Waals surface area contributed by atoms with E-state index in [9.17, 15) is 5.11 Å². The average molecular weight is 290 g/mol. The number of hydrogen-bond donors (Lipinski definition) is 1. The maximum Gasteiger partial charge on any atom is 0.258 e. The number of hydrogen-bond acceptors (Lipinski definition) is 6. The number of aromatic nitrogens is 2. The number of phenols is 1. The average Bonchev–Trinajstić information content (AvgIpc) is 3.21. The molecule has 112 valence electrons. The zero-order valence-corrected chi connectivity index (χ0v) is 12.1. The van der Waals surface area contributed by atoms with Gasteiger partial charge in [0.1, 0.15) is 6.10 Å². The molecule has 1 aliphatic rings. The van der Waals surface area contributed by atoms with Crippen LogP contribution < -0.4 is 4.74 Å². The number of rotatable bonds is 6. The van der Waals surface area contributed by atoms with Crippen LogP contribution >= 0.6 is 0 Å². The molecule has 1 heterocycles. The molecule has 0 aliphatic heterocycles. The molecule has 1 aliphatic carbocycles. The van der Waals surface area contributed by atoms with Crippen molar-refractivity contribution in [3.05, 3.63) is 24.0 Å². The van der Waals surface area contributed by atoms with Gasteiger partial charge in [-0.15, -0.1) is 0 Å². The molecule has 1 N–H and O–H groups in total. The van der Waals surface area contributed by atoms with E-state index >= 15 is 0 Å². The van der Waals surface area contributed by atoms with E-state index in [1.54, 1.807) is 18.2 Å². The van der Waals surface area contributed by atoms with Crippen molar-refractivity contribution < 1.29 is 19.1 Å². The van der Waals surface area contributed by atoms with Gasteiger partial charge >= 0.3 is 0 Å². The summed E-state index contributed by atoms with van der Waals surface area (Å²) >= 11 is 0. The summed E-state index contributed by atoms with van der Waals surface area (Å²) in [5, 5.41) is 13.8. The molecule has 1 fully saturated rings. The standard InChI is InChI=1S/C15H18N2O4/c1-3-20-13(9-4-5-9)14-16-15(21-17-14)10-6-7-12(19-2)11(18)8-10/h6-9,13,18H,3-5H2,1-2H3. The van der Waals surface area contributed by atoms with Crippen LogP contribution in [-0.4, -0.2) is 29.0 Å². The maximum atomic E-state index is 9.81. The molecule has 2 aromatic rings. The Kier molecular flexibility index (Phi) is 3.79. The lowest BCUT2D eigenvalue weighted by atomic mass is 10.2. The molecule has 0 amide bonds. The van der Waals surface area contributed by atoms with Gasteiger partial charge in [0.25, 0.3) is 5.89 Å². The smallest absolute Gasteiger partial charge is 0.258 e. The Morgan fingerprint density at radius 1 is 1.43 bits per heavy atom. The second-order valence-electron chi connectivity index (χ2n) is 5.06. The van der Waals surface area contributed by atoms with Crippen molar-refractivity contribution >= 4 is 0 Å². The Morgan fingerprint density at radius 2 is 2.24 bits per heavy atom. The number of ether oxygens (including phenoxy) is 2. The molecule has 6 nitrogen and oxygen atoms in total. The van der Waals surface area contributed by atoms with E-state index < -0.39 is 0 Å². The van der Waals surface area contributed by atoms with E-state index in [0.29, 0.717) is 35.6 Å². The van der Waals surface area contributed by atoms with Crippen LogP contribution in [0, 0.1) is 5.92 Å². The van der Waals surface area contributed by atoms with Crippen molar-refractivity contribution in [3.8, 4) is 23.0 Å². The molecule has 1 saturated carbocycles. The first-order valence-corrected chi connectivity index (χ1v) is 7.05. The Morgan fingerprint density at radius 3 is 2.86 bits per heavy atom. The van der Waals surface area contributed by atoms with Crippen molar-refractivity contribution in [2.24, 2.45) is 5.92 Å². The predicted molar refractivity (Wildman–Crippen MR) is 75.0 cm³/mol. The molecule has 1 atom stereocenters. The van der Waals surface area contributed by atoms with Crippen molar-refractivity contribution in [1.29, 1.82) is 0 Å². The Labute approximate surface area is 122 Å². The summed E-state index contributed by atoms with van der Waals surface area (Å²) in [6, 6.07) is 4.97. The van der Waals surface area contributed by atoms with Crippen LogP contribution in [0.1, 0.15) is 31.7 Å². The highest BCUT2D eigenvalue weighted by Gasteiger charge is 2.36. The lowest BCUT2D eigenvalue weighted by Crippen LogP contribution is -2.08. The fourth-order valence-electron chi connectivity index (χ4n) is 2.29.